The summed E-state index contributed by atoms with van der Waals surface area (Å²) < 4.78 is 0. The highest BCUT2D eigenvalue weighted by atomic mass is 16.2. The topological polar surface area (TPSA) is 37.4 Å². The zero-order chi connectivity index (χ0) is 13.4. The summed E-state index contributed by atoms with van der Waals surface area (Å²) in [7, 11) is 0. The number of benzene rings is 1. The number of para-hydroxylation sites is 1. The normalized spacial score (nSPS) is 22.9. The number of carbonyl (C=O) groups excluding carboxylic acids is 2. The van der Waals surface area contributed by atoms with E-state index in [1.807, 2.05) is 31.2 Å². The molecule has 1 unspecified atom stereocenters. The number of Topliss-reactive ketones (excluding diaryl/α,β-unsaturated/α-hetero) is 1. The lowest BCUT2D eigenvalue weighted by Gasteiger charge is -2.16. The van der Waals surface area contributed by atoms with E-state index in [1.54, 1.807) is 4.90 Å². The Morgan fingerprint density at radius 3 is 2.63 bits per heavy atom. The third-order valence-electron chi connectivity index (χ3n) is 4.41. The van der Waals surface area contributed by atoms with Gasteiger partial charge in [-0.25, -0.2) is 0 Å². The highest BCUT2D eigenvalue weighted by molar-refractivity contribution is 6.18. The van der Waals surface area contributed by atoms with Gasteiger partial charge in [-0.15, -0.1) is 0 Å². The van der Waals surface area contributed by atoms with Gasteiger partial charge < -0.3 is 4.90 Å². The van der Waals surface area contributed by atoms with Crippen LogP contribution in [-0.2, 0) is 9.59 Å². The highest BCUT2D eigenvalue weighted by Crippen LogP contribution is 2.41. The minimum Gasteiger partial charge on any atom is -0.311 e. The summed E-state index contributed by atoms with van der Waals surface area (Å²) in [6.45, 7) is 2.58. The molecular formula is C16H19NO2. The number of anilines is 1. The predicted octanol–water partition coefficient (Wildman–Crippen LogP) is 2.90. The number of amides is 1. The zero-order valence-corrected chi connectivity index (χ0v) is 11.3. The highest BCUT2D eigenvalue weighted by Gasteiger charge is 2.43. The Labute approximate surface area is 113 Å². The van der Waals surface area contributed by atoms with Crippen molar-refractivity contribution in [3.63, 3.8) is 0 Å². The molecule has 0 aromatic heterocycles. The van der Waals surface area contributed by atoms with Crippen LogP contribution < -0.4 is 4.90 Å². The molecule has 0 radical (unpaired) electrons. The van der Waals surface area contributed by atoms with Crippen LogP contribution in [0.1, 0.15) is 44.1 Å². The number of nitrogens with zero attached hydrogens (tertiary/aromatic N) is 1. The Morgan fingerprint density at radius 1 is 1.26 bits per heavy atom. The lowest BCUT2D eigenvalue weighted by molar-refractivity contribution is -0.130. The number of rotatable bonds is 3. The van der Waals surface area contributed by atoms with Crippen LogP contribution in [0.2, 0.25) is 0 Å². The van der Waals surface area contributed by atoms with Gasteiger partial charge >= 0.3 is 0 Å². The molecule has 1 aliphatic heterocycles. The molecule has 1 amide bonds. The van der Waals surface area contributed by atoms with Crippen LogP contribution in [0.15, 0.2) is 24.3 Å². The number of hydrogen-bond donors (Lipinski definition) is 0. The van der Waals surface area contributed by atoms with Crippen LogP contribution in [0.4, 0.5) is 5.69 Å². The Morgan fingerprint density at radius 2 is 1.95 bits per heavy atom. The Bertz CT molecular complexity index is 517. The summed E-state index contributed by atoms with van der Waals surface area (Å²) in [6.07, 6.45) is 4.15. The van der Waals surface area contributed by atoms with Gasteiger partial charge in [0.05, 0.1) is 0 Å². The van der Waals surface area contributed by atoms with Crippen LogP contribution in [0, 0.1) is 5.92 Å². The lowest BCUT2D eigenvalue weighted by Crippen LogP contribution is -2.33. The van der Waals surface area contributed by atoms with E-state index < -0.39 is 5.92 Å². The lowest BCUT2D eigenvalue weighted by atomic mass is 9.87. The zero-order valence-electron chi connectivity index (χ0n) is 11.3. The molecule has 1 saturated carbocycles. The van der Waals surface area contributed by atoms with Crippen LogP contribution in [0.25, 0.3) is 0 Å². The fourth-order valence-corrected chi connectivity index (χ4v) is 3.43. The first-order chi connectivity index (χ1) is 9.24. The molecule has 3 nitrogen and oxygen atoms in total. The monoisotopic (exact) mass is 257 g/mol. The average molecular weight is 257 g/mol. The van der Waals surface area contributed by atoms with Gasteiger partial charge in [-0.3, -0.25) is 9.59 Å². The van der Waals surface area contributed by atoms with Crippen LogP contribution in [0.5, 0.6) is 0 Å². The van der Waals surface area contributed by atoms with Gasteiger partial charge in [-0.05, 0) is 31.4 Å². The molecule has 1 atom stereocenters. The van der Waals surface area contributed by atoms with E-state index in [4.69, 9.17) is 0 Å². The standard InChI is InChI=1S/C16H19NO2/c1-2-17-13-10-6-5-9-12(13)14(16(17)19)15(18)11-7-3-4-8-11/h5-6,9-11,14H,2-4,7-8H2,1H3. The second-order valence-electron chi connectivity index (χ2n) is 5.46. The predicted molar refractivity (Wildman–Crippen MR) is 74.2 cm³/mol. The number of ketones is 1. The van der Waals surface area contributed by atoms with E-state index in [9.17, 15) is 9.59 Å². The molecule has 0 N–H and O–H groups in total. The van der Waals surface area contributed by atoms with Crippen molar-refractivity contribution < 1.29 is 9.59 Å². The number of fused-ring (bicyclic) bond motifs is 1. The first-order valence-electron chi connectivity index (χ1n) is 7.18. The van der Waals surface area contributed by atoms with Crippen molar-refractivity contribution in [3.8, 4) is 0 Å². The molecule has 0 bridgehead atoms. The van der Waals surface area contributed by atoms with Crippen LogP contribution in [-0.4, -0.2) is 18.2 Å². The maximum absolute atomic E-state index is 12.6. The van der Waals surface area contributed by atoms with Crippen molar-refractivity contribution in [2.45, 2.75) is 38.5 Å². The summed E-state index contributed by atoms with van der Waals surface area (Å²) >= 11 is 0. The van der Waals surface area contributed by atoms with E-state index >= 15 is 0 Å². The molecule has 1 aromatic carbocycles. The number of likely N-dealkylation sites (N-methyl/N-ethyl adjacent to an activating group) is 1. The van der Waals surface area contributed by atoms with Crippen molar-refractivity contribution in [2.24, 2.45) is 5.92 Å². The second kappa shape index (κ2) is 4.80. The fourth-order valence-electron chi connectivity index (χ4n) is 3.43. The molecule has 1 aromatic rings. The quantitative estimate of drug-likeness (QED) is 0.781. The fraction of sp³-hybridized carbons (Fsp3) is 0.500. The molecule has 1 heterocycles. The molecule has 0 spiro atoms. The van der Waals surface area contributed by atoms with Gasteiger partial charge in [-0.1, -0.05) is 31.0 Å². The smallest absolute Gasteiger partial charge is 0.242 e. The van der Waals surface area contributed by atoms with Gasteiger partial charge in [0.2, 0.25) is 5.91 Å². The molecule has 0 saturated heterocycles. The second-order valence-corrected chi connectivity index (χ2v) is 5.46. The molecule has 1 aliphatic carbocycles. The van der Waals surface area contributed by atoms with Crippen molar-refractivity contribution in [3.05, 3.63) is 29.8 Å². The summed E-state index contributed by atoms with van der Waals surface area (Å²) in [4.78, 5) is 26.9. The van der Waals surface area contributed by atoms with Crippen LogP contribution in [0.3, 0.4) is 0 Å². The Hall–Kier alpha value is -1.64. The largest absolute Gasteiger partial charge is 0.311 e. The van der Waals surface area contributed by atoms with E-state index in [1.165, 1.54) is 0 Å². The summed E-state index contributed by atoms with van der Waals surface area (Å²) in [5.41, 5.74) is 1.83. The third-order valence-corrected chi connectivity index (χ3v) is 4.41. The van der Waals surface area contributed by atoms with Crippen molar-refractivity contribution in [1.82, 2.24) is 0 Å². The molecule has 100 valence electrons. The SMILES string of the molecule is CCN1C(=O)C(C(=O)C2CCCC2)c2ccccc21. The van der Waals surface area contributed by atoms with Crippen molar-refractivity contribution in [1.29, 1.82) is 0 Å². The Balaban J connectivity index is 1.97. The summed E-state index contributed by atoms with van der Waals surface area (Å²) in [5.74, 6) is -0.329. The minimum absolute atomic E-state index is 0.0272. The number of hydrogen-bond acceptors (Lipinski definition) is 2. The van der Waals surface area contributed by atoms with Gasteiger partial charge in [-0.2, -0.15) is 0 Å². The van der Waals surface area contributed by atoms with E-state index in [0.29, 0.717) is 6.54 Å². The Kier molecular flexibility index (Phi) is 3.13. The average Bonchev–Trinajstić information content (AvgIpc) is 3.03. The van der Waals surface area contributed by atoms with Gasteiger partial charge in [0.25, 0.3) is 0 Å². The first-order valence-corrected chi connectivity index (χ1v) is 7.18. The van der Waals surface area contributed by atoms with Gasteiger partial charge in [0, 0.05) is 18.2 Å². The number of carbonyl (C=O) groups is 2. The molecule has 3 rings (SSSR count). The molecule has 3 heteroatoms. The van der Waals surface area contributed by atoms with Crippen molar-refractivity contribution >= 4 is 17.4 Å². The van der Waals surface area contributed by atoms with E-state index in [-0.39, 0.29) is 17.6 Å². The maximum atomic E-state index is 12.6. The van der Waals surface area contributed by atoms with E-state index in [2.05, 4.69) is 0 Å². The van der Waals surface area contributed by atoms with Gasteiger partial charge in [0.1, 0.15) is 5.92 Å². The van der Waals surface area contributed by atoms with Crippen molar-refractivity contribution in [2.75, 3.05) is 11.4 Å². The minimum atomic E-state index is -0.542. The van der Waals surface area contributed by atoms with E-state index in [0.717, 1.165) is 36.9 Å². The summed E-state index contributed by atoms with van der Waals surface area (Å²) in [5, 5.41) is 0. The summed E-state index contributed by atoms with van der Waals surface area (Å²) in [6, 6.07) is 7.72. The maximum Gasteiger partial charge on any atom is 0.242 e. The van der Waals surface area contributed by atoms with Crippen LogP contribution >= 0.6 is 0 Å². The third kappa shape index (κ3) is 1.88. The molecule has 2 aliphatic rings. The molecule has 19 heavy (non-hydrogen) atoms. The van der Waals surface area contributed by atoms with Gasteiger partial charge in [0.15, 0.2) is 5.78 Å². The first kappa shape index (κ1) is 12.4. The molecular weight excluding hydrogens is 238 g/mol. The molecule has 1 fully saturated rings.